The Balaban J connectivity index is 2.29. The molecule has 0 heterocycles. The predicted molar refractivity (Wildman–Crippen MR) is 103 cm³/mol. The Labute approximate surface area is 151 Å². The van der Waals surface area contributed by atoms with Crippen molar-refractivity contribution >= 4 is 22.7 Å². The van der Waals surface area contributed by atoms with Crippen LogP contribution in [0.25, 0.3) is 0 Å². The van der Waals surface area contributed by atoms with Crippen LogP contribution in [0.1, 0.15) is 65.2 Å². The third-order valence-electron chi connectivity index (χ3n) is 4.22. The summed E-state index contributed by atoms with van der Waals surface area (Å²) in [7, 11) is 0. The zero-order chi connectivity index (χ0) is 17.8. The van der Waals surface area contributed by atoms with Crippen molar-refractivity contribution in [3.63, 3.8) is 0 Å². The van der Waals surface area contributed by atoms with Gasteiger partial charge in [0.1, 0.15) is 5.78 Å². The Morgan fingerprint density at radius 3 is 2.21 bits per heavy atom. The zero-order valence-electron chi connectivity index (χ0n) is 15.1. The van der Waals surface area contributed by atoms with Crippen LogP contribution >= 0.6 is 11.8 Å². The van der Waals surface area contributed by atoms with Crippen LogP contribution in [0.3, 0.4) is 0 Å². The predicted octanol–water partition coefficient (Wildman–Crippen LogP) is 6.21. The van der Waals surface area contributed by atoms with Gasteiger partial charge in [-0.25, -0.2) is 0 Å². The molecular formula is C21H30O2S. The van der Waals surface area contributed by atoms with E-state index in [2.05, 4.69) is 6.58 Å². The van der Waals surface area contributed by atoms with E-state index in [0.29, 0.717) is 6.42 Å². The number of thioether (sulfide) groups is 1. The van der Waals surface area contributed by atoms with Gasteiger partial charge in [-0.05, 0) is 45.2 Å². The van der Waals surface area contributed by atoms with Gasteiger partial charge in [-0.15, -0.1) is 6.58 Å². The first-order chi connectivity index (χ1) is 11.5. The number of carbonyl (C=O) groups is 2. The van der Waals surface area contributed by atoms with Gasteiger partial charge in [0.05, 0.1) is 5.41 Å². The minimum atomic E-state index is -0.912. The van der Waals surface area contributed by atoms with E-state index in [4.69, 9.17) is 0 Å². The Bertz CT molecular complexity index is 520. The molecule has 0 bridgehead atoms. The average Bonchev–Trinajstić information content (AvgIpc) is 2.57. The highest BCUT2D eigenvalue weighted by atomic mass is 32.2. The van der Waals surface area contributed by atoms with Crippen LogP contribution in [0.5, 0.6) is 0 Å². The molecule has 0 unspecified atom stereocenters. The minimum absolute atomic E-state index is 0.0580. The summed E-state index contributed by atoms with van der Waals surface area (Å²) in [5, 5.41) is -0.0666. The molecule has 0 aliphatic heterocycles. The van der Waals surface area contributed by atoms with E-state index >= 15 is 0 Å². The van der Waals surface area contributed by atoms with Crippen LogP contribution in [0, 0.1) is 5.41 Å². The number of hydrogen-bond acceptors (Lipinski definition) is 3. The van der Waals surface area contributed by atoms with Crippen LogP contribution in [0.2, 0.25) is 0 Å². The normalized spacial score (nSPS) is 11.2. The molecule has 0 spiro atoms. The lowest BCUT2D eigenvalue weighted by Gasteiger charge is -2.21. The number of benzene rings is 1. The van der Waals surface area contributed by atoms with E-state index in [9.17, 15) is 9.59 Å². The monoisotopic (exact) mass is 346 g/mol. The summed E-state index contributed by atoms with van der Waals surface area (Å²) in [4.78, 5) is 25.8. The summed E-state index contributed by atoms with van der Waals surface area (Å²) in [6.45, 7) is 7.23. The van der Waals surface area contributed by atoms with Gasteiger partial charge in [-0.1, -0.05) is 61.7 Å². The molecule has 0 fully saturated rings. The van der Waals surface area contributed by atoms with Crippen molar-refractivity contribution in [3.8, 4) is 0 Å². The van der Waals surface area contributed by atoms with E-state index in [1.54, 1.807) is 13.8 Å². The summed E-state index contributed by atoms with van der Waals surface area (Å²) in [6.07, 6.45) is 10.3. The SMILES string of the molecule is C=CCCCCCCCCC(=O)C(C)(C)C(=O)Sc1ccccc1. The van der Waals surface area contributed by atoms with Crippen LogP contribution in [-0.4, -0.2) is 10.9 Å². The van der Waals surface area contributed by atoms with Crippen molar-refractivity contribution in [2.45, 2.75) is 70.1 Å². The fraction of sp³-hybridized carbons (Fsp3) is 0.524. The lowest BCUT2D eigenvalue weighted by atomic mass is 9.86. The molecule has 0 aliphatic carbocycles. The van der Waals surface area contributed by atoms with Crippen molar-refractivity contribution < 1.29 is 9.59 Å². The molecule has 0 aromatic heterocycles. The Morgan fingerprint density at radius 1 is 1.00 bits per heavy atom. The smallest absolute Gasteiger partial charge is 0.206 e. The summed E-state index contributed by atoms with van der Waals surface area (Å²) in [5.41, 5.74) is -0.912. The van der Waals surface area contributed by atoms with Gasteiger partial charge in [0.2, 0.25) is 5.12 Å². The molecule has 0 saturated heterocycles. The van der Waals surface area contributed by atoms with Gasteiger partial charge < -0.3 is 0 Å². The van der Waals surface area contributed by atoms with E-state index in [0.717, 1.165) is 30.6 Å². The lowest BCUT2D eigenvalue weighted by molar-refractivity contribution is -0.134. The van der Waals surface area contributed by atoms with Crippen molar-refractivity contribution in [2.75, 3.05) is 0 Å². The third-order valence-corrected chi connectivity index (χ3v) is 5.43. The highest BCUT2D eigenvalue weighted by Crippen LogP contribution is 2.31. The molecule has 0 atom stereocenters. The molecule has 0 amide bonds. The highest BCUT2D eigenvalue weighted by Gasteiger charge is 2.35. The molecule has 1 aromatic rings. The van der Waals surface area contributed by atoms with Crippen molar-refractivity contribution in [2.24, 2.45) is 5.41 Å². The largest absolute Gasteiger partial charge is 0.299 e. The molecule has 1 aromatic carbocycles. The second-order valence-corrected chi connectivity index (χ2v) is 7.75. The zero-order valence-corrected chi connectivity index (χ0v) is 15.9. The Kier molecular flexibility index (Phi) is 9.70. The number of rotatable bonds is 12. The standard InChI is InChI=1S/C21H30O2S/c1-4-5-6-7-8-9-10-14-17-19(22)21(2,3)20(23)24-18-15-12-11-13-16-18/h4,11-13,15-16H,1,5-10,14,17H2,2-3H3. The van der Waals surface area contributed by atoms with Gasteiger partial charge in [0.25, 0.3) is 0 Å². The number of Topliss-reactive ketones (excluding diaryl/α,β-unsaturated/α-hetero) is 1. The first kappa shape index (κ1) is 20.7. The quantitative estimate of drug-likeness (QED) is 0.195. The molecule has 3 heteroatoms. The minimum Gasteiger partial charge on any atom is -0.299 e. The van der Waals surface area contributed by atoms with Gasteiger partial charge in [-0.2, -0.15) is 0 Å². The van der Waals surface area contributed by atoms with Gasteiger partial charge in [0.15, 0.2) is 0 Å². The number of unbranched alkanes of at least 4 members (excludes halogenated alkanes) is 6. The highest BCUT2D eigenvalue weighted by molar-refractivity contribution is 8.13. The van der Waals surface area contributed by atoms with E-state index < -0.39 is 5.41 Å². The lowest BCUT2D eigenvalue weighted by Crippen LogP contribution is -2.31. The summed E-state index contributed by atoms with van der Waals surface area (Å²) in [5.74, 6) is 0.0580. The topological polar surface area (TPSA) is 34.1 Å². The summed E-state index contributed by atoms with van der Waals surface area (Å²) >= 11 is 1.17. The molecule has 24 heavy (non-hydrogen) atoms. The molecule has 0 aliphatic rings. The molecule has 132 valence electrons. The van der Waals surface area contributed by atoms with Crippen LogP contribution < -0.4 is 0 Å². The fourth-order valence-electron chi connectivity index (χ4n) is 2.43. The van der Waals surface area contributed by atoms with E-state index in [1.807, 2.05) is 36.4 Å². The van der Waals surface area contributed by atoms with Crippen molar-refractivity contribution in [1.82, 2.24) is 0 Å². The second kappa shape index (κ2) is 11.2. The molecular weight excluding hydrogens is 316 g/mol. The maximum atomic E-state index is 12.4. The molecule has 2 nitrogen and oxygen atoms in total. The van der Waals surface area contributed by atoms with Gasteiger partial charge >= 0.3 is 0 Å². The third kappa shape index (κ3) is 7.48. The van der Waals surface area contributed by atoms with E-state index in [-0.39, 0.29) is 10.9 Å². The average molecular weight is 347 g/mol. The Hall–Kier alpha value is -1.35. The molecule has 0 saturated carbocycles. The van der Waals surface area contributed by atoms with Crippen LogP contribution in [0.15, 0.2) is 47.9 Å². The van der Waals surface area contributed by atoms with Crippen LogP contribution in [0.4, 0.5) is 0 Å². The summed E-state index contributed by atoms with van der Waals surface area (Å²) < 4.78 is 0. The number of ketones is 1. The van der Waals surface area contributed by atoms with Crippen molar-refractivity contribution in [3.05, 3.63) is 43.0 Å². The first-order valence-electron chi connectivity index (χ1n) is 8.90. The maximum Gasteiger partial charge on any atom is 0.206 e. The maximum absolute atomic E-state index is 12.4. The molecule has 0 N–H and O–H groups in total. The van der Waals surface area contributed by atoms with Crippen LogP contribution in [-0.2, 0) is 9.59 Å². The molecule has 0 radical (unpaired) electrons. The Morgan fingerprint density at radius 2 is 1.58 bits per heavy atom. The number of carbonyl (C=O) groups excluding carboxylic acids is 2. The van der Waals surface area contributed by atoms with E-state index in [1.165, 1.54) is 31.0 Å². The van der Waals surface area contributed by atoms with Gasteiger partial charge in [-0.3, -0.25) is 9.59 Å². The fourth-order valence-corrected chi connectivity index (χ4v) is 3.31. The molecule has 1 rings (SSSR count). The number of hydrogen-bond donors (Lipinski definition) is 0. The van der Waals surface area contributed by atoms with Gasteiger partial charge in [0, 0.05) is 11.3 Å². The second-order valence-electron chi connectivity index (χ2n) is 6.70. The first-order valence-corrected chi connectivity index (χ1v) is 9.71. The summed E-state index contributed by atoms with van der Waals surface area (Å²) in [6, 6.07) is 9.52. The number of allylic oxidation sites excluding steroid dienone is 1. The van der Waals surface area contributed by atoms with Crippen molar-refractivity contribution in [1.29, 1.82) is 0 Å².